The molecule has 2 amide bonds. The van der Waals surface area contributed by atoms with Gasteiger partial charge in [-0.25, -0.2) is 0 Å². The summed E-state index contributed by atoms with van der Waals surface area (Å²) in [6, 6.07) is 0. The van der Waals surface area contributed by atoms with E-state index in [0.717, 1.165) is 32.8 Å². The van der Waals surface area contributed by atoms with E-state index in [1.165, 1.54) is 0 Å². The highest BCUT2D eigenvalue weighted by Gasteiger charge is 2.39. The molecule has 2 aliphatic rings. The Labute approximate surface area is 131 Å². The fourth-order valence-corrected chi connectivity index (χ4v) is 2.63. The van der Waals surface area contributed by atoms with Crippen LogP contribution in [0.1, 0.15) is 13.8 Å². The van der Waals surface area contributed by atoms with Gasteiger partial charge in [0.2, 0.25) is 11.8 Å². The van der Waals surface area contributed by atoms with Gasteiger partial charge in [-0.3, -0.25) is 14.5 Å². The van der Waals surface area contributed by atoms with Crippen molar-refractivity contribution in [2.45, 2.75) is 13.8 Å². The van der Waals surface area contributed by atoms with E-state index in [-0.39, 0.29) is 11.8 Å². The van der Waals surface area contributed by atoms with Crippen molar-refractivity contribution in [3.8, 4) is 0 Å². The Hall–Kier alpha value is -1.18. The first kappa shape index (κ1) is 17.2. The zero-order chi connectivity index (χ0) is 16.0. The van der Waals surface area contributed by atoms with Gasteiger partial charge in [0.1, 0.15) is 5.41 Å². The first-order valence-electron chi connectivity index (χ1n) is 7.97. The lowest BCUT2D eigenvalue weighted by Crippen LogP contribution is -2.53. The number of hydrogen-bond donors (Lipinski definition) is 1. The number of amides is 2. The largest absolute Gasteiger partial charge is 0.379 e. The van der Waals surface area contributed by atoms with E-state index >= 15 is 0 Å². The minimum atomic E-state index is -1.04. The number of hydrogen-bond acceptors (Lipinski definition) is 5. The van der Waals surface area contributed by atoms with Crippen molar-refractivity contribution in [1.29, 1.82) is 0 Å². The number of morpholine rings is 2. The van der Waals surface area contributed by atoms with E-state index in [1.54, 1.807) is 18.7 Å². The average molecular weight is 313 g/mol. The molecule has 0 radical (unpaired) electrons. The van der Waals surface area contributed by atoms with Crippen LogP contribution in [-0.2, 0) is 19.1 Å². The maximum absolute atomic E-state index is 12.5. The highest BCUT2D eigenvalue weighted by Crippen LogP contribution is 2.20. The maximum atomic E-state index is 12.5. The highest BCUT2D eigenvalue weighted by atomic mass is 16.5. The quantitative estimate of drug-likeness (QED) is 0.681. The van der Waals surface area contributed by atoms with Gasteiger partial charge in [0.05, 0.1) is 26.4 Å². The summed E-state index contributed by atoms with van der Waals surface area (Å²) >= 11 is 0. The van der Waals surface area contributed by atoms with Crippen molar-refractivity contribution < 1.29 is 19.1 Å². The van der Waals surface area contributed by atoms with Crippen LogP contribution in [0.3, 0.4) is 0 Å². The molecule has 22 heavy (non-hydrogen) atoms. The summed E-state index contributed by atoms with van der Waals surface area (Å²) < 4.78 is 10.5. The van der Waals surface area contributed by atoms with Gasteiger partial charge in [-0.05, 0) is 13.8 Å². The zero-order valence-electron chi connectivity index (χ0n) is 13.6. The van der Waals surface area contributed by atoms with E-state index < -0.39 is 5.41 Å². The minimum Gasteiger partial charge on any atom is -0.379 e. The van der Waals surface area contributed by atoms with E-state index in [9.17, 15) is 9.59 Å². The molecule has 2 rings (SSSR count). The molecule has 0 aromatic carbocycles. The highest BCUT2D eigenvalue weighted by molar-refractivity contribution is 6.04. The molecule has 2 fully saturated rings. The summed E-state index contributed by atoms with van der Waals surface area (Å²) in [5.74, 6) is -0.336. The number of nitrogens with zero attached hydrogens (tertiary/aromatic N) is 2. The Morgan fingerprint density at radius 3 is 2.14 bits per heavy atom. The van der Waals surface area contributed by atoms with Crippen LogP contribution in [0, 0.1) is 5.41 Å². The number of rotatable bonds is 5. The molecule has 0 aliphatic carbocycles. The molecule has 0 atom stereocenters. The second-order valence-electron chi connectivity index (χ2n) is 6.24. The number of carbonyl (C=O) groups is 2. The minimum absolute atomic E-state index is 0.125. The van der Waals surface area contributed by atoms with Crippen molar-refractivity contribution in [1.82, 2.24) is 15.1 Å². The van der Waals surface area contributed by atoms with E-state index in [2.05, 4.69) is 10.2 Å². The van der Waals surface area contributed by atoms with Crippen LogP contribution in [0.15, 0.2) is 0 Å². The fourth-order valence-electron chi connectivity index (χ4n) is 2.63. The van der Waals surface area contributed by atoms with Crippen LogP contribution in [-0.4, -0.2) is 87.3 Å². The van der Waals surface area contributed by atoms with Crippen LogP contribution < -0.4 is 5.32 Å². The van der Waals surface area contributed by atoms with Crippen molar-refractivity contribution in [3.05, 3.63) is 0 Å². The smallest absolute Gasteiger partial charge is 0.237 e. The van der Waals surface area contributed by atoms with Crippen LogP contribution in [0.2, 0.25) is 0 Å². The van der Waals surface area contributed by atoms with E-state index in [4.69, 9.17) is 9.47 Å². The molecule has 2 heterocycles. The van der Waals surface area contributed by atoms with Crippen LogP contribution >= 0.6 is 0 Å². The summed E-state index contributed by atoms with van der Waals surface area (Å²) in [7, 11) is 0. The second-order valence-corrected chi connectivity index (χ2v) is 6.24. The molecule has 0 aromatic heterocycles. The molecule has 2 aliphatic heterocycles. The fraction of sp³-hybridized carbons (Fsp3) is 0.867. The number of nitrogens with one attached hydrogen (secondary N) is 1. The van der Waals surface area contributed by atoms with Gasteiger partial charge in [-0.15, -0.1) is 0 Å². The Morgan fingerprint density at radius 2 is 1.55 bits per heavy atom. The predicted octanol–water partition coefficient (Wildman–Crippen LogP) is -0.680. The lowest BCUT2D eigenvalue weighted by molar-refractivity contribution is -0.151. The maximum Gasteiger partial charge on any atom is 0.237 e. The molecule has 0 spiro atoms. The van der Waals surface area contributed by atoms with E-state index in [0.29, 0.717) is 32.8 Å². The summed E-state index contributed by atoms with van der Waals surface area (Å²) in [5.41, 5.74) is -1.04. The molecular formula is C15H27N3O4. The van der Waals surface area contributed by atoms with Gasteiger partial charge in [0.15, 0.2) is 0 Å². The van der Waals surface area contributed by atoms with Gasteiger partial charge >= 0.3 is 0 Å². The Bertz CT molecular complexity index is 388. The molecule has 0 aromatic rings. The Kier molecular flexibility index (Phi) is 6.16. The molecule has 0 saturated carbocycles. The predicted molar refractivity (Wildman–Crippen MR) is 81.4 cm³/mol. The summed E-state index contributed by atoms with van der Waals surface area (Å²) in [6.45, 7) is 10.2. The van der Waals surface area contributed by atoms with E-state index in [1.807, 2.05) is 0 Å². The number of ether oxygens (including phenoxy) is 2. The Balaban J connectivity index is 1.77. The molecule has 0 unspecified atom stereocenters. The SMILES string of the molecule is CC(C)(C(=O)NCCN1CCOCC1)C(=O)N1CCOCC1. The van der Waals surface area contributed by atoms with Crippen LogP contribution in [0.5, 0.6) is 0 Å². The normalized spacial score (nSPS) is 20.7. The van der Waals surface area contributed by atoms with Crippen molar-refractivity contribution in [2.24, 2.45) is 5.41 Å². The van der Waals surface area contributed by atoms with Crippen LogP contribution in [0.25, 0.3) is 0 Å². The molecule has 0 bridgehead atoms. The lowest BCUT2D eigenvalue weighted by atomic mass is 9.90. The molecular weight excluding hydrogens is 286 g/mol. The van der Waals surface area contributed by atoms with Gasteiger partial charge in [-0.1, -0.05) is 0 Å². The van der Waals surface area contributed by atoms with Crippen molar-refractivity contribution in [3.63, 3.8) is 0 Å². The topological polar surface area (TPSA) is 71.1 Å². The van der Waals surface area contributed by atoms with Crippen molar-refractivity contribution >= 4 is 11.8 Å². The third-order valence-electron chi connectivity index (χ3n) is 4.22. The third kappa shape index (κ3) is 4.41. The molecule has 126 valence electrons. The van der Waals surface area contributed by atoms with Gasteiger partial charge in [0.25, 0.3) is 0 Å². The molecule has 7 heteroatoms. The second kappa shape index (κ2) is 7.89. The summed E-state index contributed by atoms with van der Waals surface area (Å²) in [6.07, 6.45) is 0. The van der Waals surface area contributed by atoms with Gasteiger partial charge in [-0.2, -0.15) is 0 Å². The Morgan fingerprint density at radius 1 is 1.00 bits per heavy atom. The molecule has 7 nitrogen and oxygen atoms in total. The molecule has 1 N–H and O–H groups in total. The first-order valence-corrected chi connectivity index (χ1v) is 7.97. The lowest BCUT2D eigenvalue weighted by Gasteiger charge is -2.33. The van der Waals surface area contributed by atoms with Gasteiger partial charge < -0.3 is 19.7 Å². The monoisotopic (exact) mass is 313 g/mol. The third-order valence-corrected chi connectivity index (χ3v) is 4.22. The summed E-state index contributed by atoms with van der Waals surface area (Å²) in [5, 5.41) is 2.89. The van der Waals surface area contributed by atoms with Gasteiger partial charge in [0, 0.05) is 39.3 Å². The number of carbonyl (C=O) groups excluding carboxylic acids is 2. The standard InChI is InChI=1S/C15H27N3O4/c1-15(2,14(20)18-7-11-22-12-8-18)13(19)16-3-4-17-5-9-21-10-6-17/h3-12H2,1-2H3,(H,16,19). The summed E-state index contributed by atoms with van der Waals surface area (Å²) in [4.78, 5) is 28.8. The van der Waals surface area contributed by atoms with Crippen molar-refractivity contribution in [2.75, 3.05) is 65.7 Å². The van der Waals surface area contributed by atoms with Crippen LogP contribution in [0.4, 0.5) is 0 Å². The molecule has 2 saturated heterocycles. The zero-order valence-corrected chi connectivity index (χ0v) is 13.6. The first-order chi connectivity index (χ1) is 10.5. The average Bonchev–Trinajstić information content (AvgIpc) is 2.55.